The Labute approximate surface area is 214 Å². The van der Waals surface area contributed by atoms with Crippen LogP contribution in [-0.4, -0.2) is 17.7 Å². The summed E-state index contributed by atoms with van der Waals surface area (Å²) in [6, 6.07) is 13.6. The Bertz CT molecular complexity index is 1250. The molecule has 0 aliphatic heterocycles. The standard InChI is InChI=1S/C31H40O5/c1-9-22-12-11-13-23(10-2)28(22)26-17-24-16-25(14-15-27(24)35-30(26)33)34-20(5)18-31(7,8)36-29(32)21(6)19(3)4/h11-17,19-21H,9-10,18H2,1-8H3. The van der Waals surface area contributed by atoms with Gasteiger partial charge in [0.2, 0.25) is 0 Å². The maximum atomic E-state index is 12.9. The summed E-state index contributed by atoms with van der Waals surface area (Å²) in [5.74, 6) is 0.555. The molecule has 0 bridgehead atoms. The first-order chi connectivity index (χ1) is 17.0. The number of fused-ring (bicyclic) bond motifs is 1. The fourth-order valence-electron chi connectivity index (χ4n) is 4.58. The van der Waals surface area contributed by atoms with Crippen LogP contribution in [0.4, 0.5) is 0 Å². The quantitative estimate of drug-likeness (QED) is 0.219. The normalized spacial score (nSPS) is 13.6. The van der Waals surface area contributed by atoms with Gasteiger partial charge in [0.25, 0.3) is 0 Å². The van der Waals surface area contributed by atoms with E-state index >= 15 is 0 Å². The lowest BCUT2D eigenvalue weighted by Crippen LogP contribution is -2.36. The Morgan fingerprint density at radius 1 is 0.972 bits per heavy atom. The Hall–Kier alpha value is -3.08. The van der Waals surface area contributed by atoms with E-state index < -0.39 is 5.60 Å². The van der Waals surface area contributed by atoms with E-state index in [-0.39, 0.29) is 29.5 Å². The van der Waals surface area contributed by atoms with Gasteiger partial charge in [0.15, 0.2) is 0 Å². The van der Waals surface area contributed by atoms with Crippen molar-refractivity contribution in [1.82, 2.24) is 0 Å². The Morgan fingerprint density at radius 2 is 1.61 bits per heavy atom. The first-order valence-corrected chi connectivity index (χ1v) is 13.0. The van der Waals surface area contributed by atoms with Crippen LogP contribution in [0.2, 0.25) is 0 Å². The van der Waals surface area contributed by atoms with Crippen LogP contribution in [0.25, 0.3) is 22.1 Å². The average molecular weight is 493 g/mol. The fourth-order valence-corrected chi connectivity index (χ4v) is 4.58. The zero-order chi connectivity index (χ0) is 26.6. The number of benzene rings is 2. The van der Waals surface area contributed by atoms with Gasteiger partial charge in [-0.3, -0.25) is 4.79 Å². The van der Waals surface area contributed by atoms with Crippen LogP contribution in [0.15, 0.2) is 51.7 Å². The van der Waals surface area contributed by atoms with Crippen molar-refractivity contribution in [2.24, 2.45) is 11.8 Å². The highest BCUT2D eigenvalue weighted by molar-refractivity contribution is 5.84. The summed E-state index contributed by atoms with van der Waals surface area (Å²) < 4.78 is 17.7. The van der Waals surface area contributed by atoms with Gasteiger partial charge in [-0.25, -0.2) is 4.79 Å². The number of carbonyl (C=O) groups is 1. The smallest absolute Gasteiger partial charge is 0.344 e. The van der Waals surface area contributed by atoms with Crippen LogP contribution in [0.3, 0.4) is 0 Å². The number of aryl methyl sites for hydroxylation is 2. The van der Waals surface area contributed by atoms with Crippen LogP contribution >= 0.6 is 0 Å². The zero-order valence-electron chi connectivity index (χ0n) is 22.9. The second-order valence-electron chi connectivity index (χ2n) is 10.7. The van der Waals surface area contributed by atoms with E-state index in [9.17, 15) is 9.59 Å². The van der Waals surface area contributed by atoms with Crippen molar-refractivity contribution in [3.8, 4) is 16.9 Å². The number of hydrogen-bond donors (Lipinski definition) is 0. The summed E-state index contributed by atoms with van der Waals surface area (Å²) in [5.41, 5.74) is 3.34. The average Bonchev–Trinajstić information content (AvgIpc) is 2.81. The molecule has 0 fully saturated rings. The van der Waals surface area contributed by atoms with Crippen molar-refractivity contribution in [3.63, 3.8) is 0 Å². The fraction of sp³-hybridized carbons (Fsp3) is 0.484. The molecule has 5 heteroatoms. The molecule has 0 amide bonds. The third-order valence-electron chi connectivity index (χ3n) is 6.84. The minimum absolute atomic E-state index is 0.157. The highest BCUT2D eigenvalue weighted by Crippen LogP contribution is 2.31. The summed E-state index contributed by atoms with van der Waals surface area (Å²) in [6.45, 7) is 15.9. The van der Waals surface area contributed by atoms with Crippen molar-refractivity contribution >= 4 is 16.9 Å². The number of rotatable bonds is 10. The van der Waals surface area contributed by atoms with Gasteiger partial charge in [-0.15, -0.1) is 0 Å². The van der Waals surface area contributed by atoms with Crippen molar-refractivity contribution in [1.29, 1.82) is 0 Å². The van der Waals surface area contributed by atoms with Crippen LogP contribution < -0.4 is 10.4 Å². The first kappa shape index (κ1) is 27.5. The summed E-state index contributed by atoms with van der Waals surface area (Å²) >= 11 is 0. The minimum atomic E-state index is -0.656. The van der Waals surface area contributed by atoms with E-state index in [1.54, 1.807) is 12.1 Å². The molecule has 1 aromatic heterocycles. The molecule has 36 heavy (non-hydrogen) atoms. The van der Waals surface area contributed by atoms with Crippen LogP contribution in [0.5, 0.6) is 5.75 Å². The van der Waals surface area contributed by atoms with Crippen molar-refractivity contribution in [2.75, 3.05) is 0 Å². The third kappa shape index (κ3) is 6.37. The second kappa shape index (κ2) is 11.3. The summed E-state index contributed by atoms with van der Waals surface area (Å²) in [5, 5.41) is 0.804. The second-order valence-corrected chi connectivity index (χ2v) is 10.7. The lowest BCUT2D eigenvalue weighted by Gasteiger charge is -2.30. The van der Waals surface area contributed by atoms with Gasteiger partial charge in [-0.2, -0.15) is 0 Å². The Balaban J connectivity index is 1.85. The van der Waals surface area contributed by atoms with Gasteiger partial charge < -0.3 is 13.9 Å². The number of esters is 1. The van der Waals surface area contributed by atoms with E-state index in [0.29, 0.717) is 23.3 Å². The molecule has 0 aliphatic rings. The Morgan fingerprint density at radius 3 is 2.19 bits per heavy atom. The Kier molecular flexibility index (Phi) is 8.65. The van der Waals surface area contributed by atoms with E-state index in [1.165, 1.54) is 0 Å². The molecule has 5 nitrogen and oxygen atoms in total. The molecular weight excluding hydrogens is 452 g/mol. The molecule has 2 atom stereocenters. The van der Waals surface area contributed by atoms with Gasteiger partial charge in [0.05, 0.1) is 17.6 Å². The maximum Gasteiger partial charge on any atom is 0.344 e. The van der Waals surface area contributed by atoms with Gasteiger partial charge in [-0.05, 0) is 80.5 Å². The molecule has 3 rings (SSSR count). The zero-order valence-corrected chi connectivity index (χ0v) is 22.9. The molecule has 0 N–H and O–H groups in total. The SMILES string of the molecule is CCc1cccc(CC)c1-c1cc2cc(OC(C)CC(C)(C)OC(=O)C(C)C(C)C)ccc2oc1=O. The molecule has 2 unspecified atom stereocenters. The molecular formula is C31H40O5. The van der Waals surface area contributed by atoms with E-state index in [2.05, 4.69) is 26.0 Å². The molecule has 0 aliphatic carbocycles. The number of ether oxygens (including phenoxy) is 2. The molecule has 1 heterocycles. The molecule has 3 aromatic rings. The summed E-state index contributed by atoms with van der Waals surface area (Å²) in [7, 11) is 0. The monoisotopic (exact) mass is 492 g/mol. The maximum absolute atomic E-state index is 12.9. The summed E-state index contributed by atoms with van der Waals surface area (Å²) in [6.07, 6.45) is 2.01. The minimum Gasteiger partial charge on any atom is -0.491 e. The van der Waals surface area contributed by atoms with Crippen molar-refractivity contribution in [3.05, 3.63) is 64.0 Å². The lowest BCUT2D eigenvalue weighted by atomic mass is 9.92. The molecule has 0 saturated carbocycles. The van der Waals surface area contributed by atoms with Crippen LogP contribution in [0.1, 0.15) is 72.9 Å². The highest BCUT2D eigenvalue weighted by atomic mass is 16.6. The largest absolute Gasteiger partial charge is 0.491 e. The van der Waals surface area contributed by atoms with E-state index in [0.717, 1.165) is 34.9 Å². The molecule has 2 aromatic carbocycles. The molecule has 194 valence electrons. The van der Waals surface area contributed by atoms with Gasteiger partial charge in [0.1, 0.15) is 16.9 Å². The van der Waals surface area contributed by atoms with Gasteiger partial charge in [-0.1, -0.05) is 52.8 Å². The predicted molar refractivity (Wildman–Crippen MR) is 146 cm³/mol. The topological polar surface area (TPSA) is 65.7 Å². The van der Waals surface area contributed by atoms with Gasteiger partial charge >= 0.3 is 11.6 Å². The van der Waals surface area contributed by atoms with Crippen LogP contribution in [0, 0.1) is 11.8 Å². The van der Waals surface area contributed by atoms with Gasteiger partial charge in [0, 0.05) is 11.8 Å². The van der Waals surface area contributed by atoms with Crippen LogP contribution in [-0.2, 0) is 22.4 Å². The van der Waals surface area contributed by atoms with E-state index in [1.807, 2.05) is 59.7 Å². The lowest BCUT2D eigenvalue weighted by molar-refractivity contribution is -0.164. The van der Waals surface area contributed by atoms with Crippen molar-refractivity contribution in [2.45, 2.75) is 86.4 Å². The number of carbonyl (C=O) groups excluding carboxylic acids is 1. The third-order valence-corrected chi connectivity index (χ3v) is 6.84. The van der Waals surface area contributed by atoms with E-state index in [4.69, 9.17) is 13.9 Å². The molecule has 0 saturated heterocycles. The molecule has 0 spiro atoms. The number of hydrogen-bond acceptors (Lipinski definition) is 5. The summed E-state index contributed by atoms with van der Waals surface area (Å²) in [4.78, 5) is 25.4. The van der Waals surface area contributed by atoms with Crippen molar-refractivity contribution < 1.29 is 18.7 Å². The predicted octanol–water partition coefficient (Wildman–Crippen LogP) is 7.36. The highest BCUT2D eigenvalue weighted by Gasteiger charge is 2.29. The molecule has 0 radical (unpaired) electrons. The first-order valence-electron chi connectivity index (χ1n) is 13.0.